The van der Waals surface area contributed by atoms with Gasteiger partial charge in [-0.1, -0.05) is 6.92 Å². The number of Topliss-reactive ketones (excluding diaryl/α,β-unsaturated/α-hetero) is 1. The fraction of sp³-hybridized carbons (Fsp3) is 0.250. The molecule has 3 rings (SSSR count). The Bertz CT molecular complexity index is 1010. The van der Waals surface area contributed by atoms with Gasteiger partial charge in [-0.2, -0.15) is 0 Å². The molecule has 0 unspecified atom stereocenters. The highest BCUT2D eigenvalue weighted by Crippen LogP contribution is 2.14. The normalized spacial score (nSPS) is 12.1. The number of aromatic nitrogens is 2. The Labute approximate surface area is 154 Å². The number of ketones is 1. The molecule has 0 saturated heterocycles. The summed E-state index contributed by atoms with van der Waals surface area (Å²) in [5.41, 5.74) is 0.515. The Kier molecular flexibility index (Phi) is 5.61. The monoisotopic (exact) mass is 370 g/mol. The summed E-state index contributed by atoms with van der Waals surface area (Å²) >= 11 is 0. The van der Waals surface area contributed by atoms with Crippen LogP contribution in [0.5, 0.6) is 5.75 Å². The van der Waals surface area contributed by atoms with Gasteiger partial charge >= 0.3 is 0 Å². The van der Waals surface area contributed by atoms with E-state index in [4.69, 9.17) is 4.74 Å². The second kappa shape index (κ2) is 8.09. The lowest BCUT2D eigenvalue weighted by molar-refractivity contribution is 0.0913. The third-order valence-corrected chi connectivity index (χ3v) is 4.13. The van der Waals surface area contributed by atoms with Crippen molar-refractivity contribution in [3.05, 3.63) is 70.5 Å². The number of fused-ring (bicyclic) bond motifs is 1. The first-order valence-corrected chi connectivity index (χ1v) is 8.56. The zero-order chi connectivity index (χ0) is 19.4. The van der Waals surface area contributed by atoms with E-state index in [2.05, 4.69) is 4.98 Å². The van der Waals surface area contributed by atoms with Gasteiger partial charge in [0.2, 0.25) is 0 Å². The first-order valence-electron chi connectivity index (χ1n) is 8.56. The van der Waals surface area contributed by atoms with Crippen LogP contribution in [0.25, 0.3) is 10.9 Å². The van der Waals surface area contributed by atoms with Crippen LogP contribution in [0.3, 0.4) is 0 Å². The highest BCUT2D eigenvalue weighted by atomic mass is 19.1. The molecule has 1 aromatic heterocycles. The number of carbonyl (C=O) groups is 1. The highest BCUT2D eigenvalue weighted by Gasteiger charge is 2.11. The lowest BCUT2D eigenvalue weighted by Crippen LogP contribution is -2.30. The minimum atomic E-state index is -0.945. The van der Waals surface area contributed by atoms with Crippen molar-refractivity contribution in [1.29, 1.82) is 0 Å². The summed E-state index contributed by atoms with van der Waals surface area (Å²) in [5.74, 6) is 0.0954. The van der Waals surface area contributed by atoms with Gasteiger partial charge in [0, 0.05) is 18.1 Å². The van der Waals surface area contributed by atoms with Gasteiger partial charge in [0.25, 0.3) is 5.56 Å². The number of ether oxygens (including phenoxy) is 1. The third kappa shape index (κ3) is 4.38. The van der Waals surface area contributed by atoms with Gasteiger partial charge in [-0.3, -0.25) is 14.2 Å². The second-order valence-corrected chi connectivity index (χ2v) is 6.13. The molecule has 0 saturated carbocycles. The van der Waals surface area contributed by atoms with Crippen LogP contribution in [0.1, 0.15) is 23.7 Å². The molecular weight excluding hydrogens is 351 g/mol. The van der Waals surface area contributed by atoms with Crippen molar-refractivity contribution >= 4 is 16.7 Å². The Morgan fingerprint density at radius 2 is 2.00 bits per heavy atom. The Morgan fingerprint density at radius 1 is 1.26 bits per heavy atom. The fourth-order valence-electron chi connectivity index (χ4n) is 2.67. The second-order valence-electron chi connectivity index (χ2n) is 6.13. The molecule has 140 valence electrons. The average molecular weight is 370 g/mol. The molecule has 0 aliphatic heterocycles. The number of aliphatic hydroxyl groups excluding tert-OH is 1. The minimum Gasteiger partial charge on any atom is -0.491 e. The van der Waals surface area contributed by atoms with Crippen LogP contribution < -0.4 is 10.3 Å². The van der Waals surface area contributed by atoms with E-state index >= 15 is 0 Å². The van der Waals surface area contributed by atoms with E-state index in [0.29, 0.717) is 17.7 Å². The Balaban J connectivity index is 1.64. The number of carbonyl (C=O) groups excluding carboxylic acids is 1. The third-order valence-electron chi connectivity index (χ3n) is 4.13. The molecule has 3 aromatic rings. The molecule has 0 fully saturated rings. The molecule has 0 aliphatic carbocycles. The SMILES string of the molecule is CCC(=O)c1ccc(OC[C@H](O)Cn2cnc3cc(F)ccc3c2=O)cc1. The molecular formula is C20H19FN2O4. The average Bonchev–Trinajstić information content (AvgIpc) is 2.68. The molecule has 1 N–H and O–H groups in total. The number of rotatable bonds is 7. The summed E-state index contributed by atoms with van der Waals surface area (Å²) in [7, 11) is 0. The maximum atomic E-state index is 13.2. The van der Waals surface area contributed by atoms with E-state index in [0.717, 1.165) is 0 Å². The predicted molar refractivity (Wildman–Crippen MR) is 98.5 cm³/mol. The number of hydrogen-bond donors (Lipinski definition) is 1. The number of benzene rings is 2. The first kappa shape index (κ1) is 18.7. The molecule has 0 bridgehead atoms. The van der Waals surface area contributed by atoms with Crippen molar-refractivity contribution in [2.45, 2.75) is 26.0 Å². The molecule has 27 heavy (non-hydrogen) atoms. The standard InChI is InChI=1S/C20H19FN2O4/c1-2-19(25)13-3-6-16(7-4-13)27-11-15(24)10-23-12-22-18-9-14(21)5-8-17(18)20(23)26/h3-9,12,15,24H,2,10-11H2,1H3/t15-/m1/s1. The van der Waals surface area contributed by atoms with Gasteiger partial charge < -0.3 is 9.84 Å². The number of nitrogens with zero attached hydrogens (tertiary/aromatic N) is 2. The van der Waals surface area contributed by atoms with E-state index in [9.17, 15) is 19.1 Å². The summed E-state index contributed by atoms with van der Waals surface area (Å²) < 4.78 is 20.0. The van der Waals surface area contributed by atoms with Crippen LogP contribution in [0, 0.1) is 5.82 Å². The quantitative estimate of drug-likeness (QED) is 0.647. The molecule has 7 heteroatoms. The van der Waals surface area contributed by atoms with Gasteiger partial charge in [-0.05, 0) is 36.4 Å². The van der Waals surface area contributed by atoms with Crippen molar-refractivity contribution < 1.29 is 19.0 Å². The van der Waals surface area contributed by atoms with Crippen LogP contribution in [0.2, 0.25) is 0 Å². The van der Waals surface area contributed by atoms with E-state index in [1.807, 2.05) is 0 Å². The lowest BCUT2D eigenvalue weighted by Gasteiger charge is -2.14. The van der Waals surface area contributed by atoms with Gasteiger partial charge in [0.05, 0.1) is 23.8 Å². The van der Waals surface area contributed by atoms with E-state index in [1.54, 1.807) is 31.2 Å². The molecule has 0 radical (unpaired) electrons. The predicted octanol–water partition coefficient (Wildman–Crippen LogP) is 2.57. The zero-order valence-electron chi connectivity index (χ0n) is 14.8. The van der Waals surface area contributed by atoms with Crippen LogP contribution in [-0.2, 0) is 6.54 Å². The Morgan fingerprint density at radius 3 is 2.70 bits per heavy atom. The van der Waals surface area contributed by atoms with Crippen molar-refractivity contribution in [2.75, 3.05) is 6.61 Å². The van der Waals surface area contributed by atoms with Crippen LogP contribution in [0.4, 0.5) is 4.39 Å². The lowest BCUT2D eigenvalue weighted by atomic mass is 10.1. The van der Waals surface area contributed by atoms with Gasteiger partial charge in [-0.15, -0.1) is 0 Å². The maximum Gasteiger partial charge on any atom is 0.261 e. The van der Waals surface area contributed by atoms with Gasteiger partial charge in [0.15, 0.2) is 5.78 Å². The van der Waals surface area contributed by atoms with Crippen LogP contribution >= 0.6 is 0 Å². The topological polar surface area (TPSA) is 81.4 Å². The molecule has 0 aliphatic rings. The van der Waals surface area contributed by atoms with E-state index in [-0.39, 0.29) is 35.4 Å². The highest BCUT2D eigenvalue weighted by molar-refractivity contribution is 5.95. The van der Waals surface area contributed by atoms with Crippen molar-refractivity contribution in [1.82, 2.24) is 9.55 Å². The first-order chi connectivity index (χ1) is 13.0. The van der Waals surface area contributed by atoms with Crippen LogP contribution in [0.15, 0.2) is 53.6 Å². The zero-order valence-corrected chi connectivity index (χ0v) is 14.8. The largest absolute Gasteiger partial charge is 0.491 e. The van der Waals surface area contributed by atoms with Crippen LogP contribution in [-0.4, -0.2) is 33.2 Å². The van der Waals surface area contributed by atoms with Crippen molar-refractivity contribution in [3.8, 4) is 5.75 Å². The fourth-order valence-corrected chi connectivity index (χ4v) is 2.67. The summed E-state index contributed by atoms with van der Waals surface area (Å²) in [5, 5.41) is 10.4. The summed E-state index contributed by atoms with van der Waals surface area (Å²) in [6.45, 7) is 1.75. The number of halogens is 1. The molecule has 1 heterocycles. The number of aliphatic hydroxyl groups is 1. The van der Waals surface area contributed by atoms with E-state index in [1.165, 1.54) is 29.1 Å². The summed E-state index contributed by atoms with van der Waals surface area (Å²) in [6, 6.07) is 10.4. The van der Waals surface area contributed by atoms with E-state index < -0.39 is 11.9 Å². The maximum absolute atomic E-state index is 13.2. The molecule has 1 atom stereocenters. The molecule has 6 nitrogen and oxygen atoms in total. The van der Waals surface area contributed by atoms with Crippen molar-refractivity contribution in [2.24, 2.45) is 0 Å². The molecule has 0 amide bonds. The Hall–Kier alpha value is -3.06. The molecule has 2 aromatic carbocycles. The molecule has 0 spiro atoms. The summed E-state index contributed by atoms with van der Waals surface area (Å²) in [4.78, 5) is 28.0. The smallest absolute Gasteiger partial charge is 0.261 e. The summed E-state index contributed by atoms with van der Waals surface area (Å²) in [6.07, 6.45) is 0.762. The van der Waals surface area contributed by atoms with Gasteiger partial charge in [0.1, 0.15) is 24.3 Å². The van der Waals surface area contributed by atoms with Crippen molar-refractivity contribution in [3.63, 3.8) is 0 Å². The minimum absolute atomic E-state index is 0.00838. The number of hydrogen-bond acceptors (Lipinski definition) is 5. The van der Waals surface area contributed by atoms with Gasteiger partial charge in [-0.25, -0.2) is 9.37 Å².